The van der Waals surface area contributed by atoms with Gasteiger partial charge in [-0.1, -0.05) is 0 Å². The van der Waals surface area contributed by atoms with Gasteiger partial charge in [-0.2, -0.15) is 0 Å². The average Bonchev–Trinajstić information content (AvgIpc) is 1.63. The van der Waals surface area contributed by atoms with Gasteiger partial charge in [0, 0.05) is 0 Å². The molecule has 0 aliphatic heterocycles. The van der Waals surface area contributed by atoms with Crippen molar-refractivity contribution in [3.8, 4) is 0 Å². The molecule has 5 heteroatoms. The SMILES string of the molecule is CC(NC(=O)O)C(=N)N. The summed E-state index contributed by atoms with van der Waals surface area (Å²) in [6.07, 6.45) is -1.17. The molecule has 1 unspecified atom stereocenters. The molecule has 5 nitrogen and oxygen atoms in total. The zero-order chi connectivity index (χ0) is 7.44. The number of nitrogens with two attached hydrogens (primary N) is 1. The van der Waals surface area contributed by atoms with Gasteiger partial charge in [0.1, 0.15) is 5.84 Å². The molecule has 52 valence electrons. The number of nitrogens with one attached hydrogen (secondary N) is 2. The molecule has 0 rings (SSSR count). The molecule has 1 atom stereocenters. The number of rotatable bonds is 2. The maximum absolute atomic E-state index is 9.85. The van der Waals surface area contributed by atoms with Crippen molar-refractivity contribution in [2.45, 2.75) is 13.0 Å². The van der Waals surface area contributed by atoms with Gasteiger partial charge in [-0.05, 0) is 6.92 Å². The van der Waals surface area contributed by atoms with E-state index in [0.29, 0.717) is 0 Å². The molecule has 0 aliphatic carbocycles. The molecular weight excluding hydrogens is 122 g/mol. The minimum absolute atomic E-state index is 0.183. The van der Waals surface area contributed by atoms with Gasteiger partial charge >= 0.3 is 6.09 Å². The summed E-state index contributed by atoms with van der Waals surface area (Å²) in [6, 6.07) is -0.595. The third kappa shape index (κ3) is 3.33. The summed E-state index contributed by atoms with van der Waals surface area (Å²) in [4.78, 5) is 9.85. The van der Waals surface area contributed by atoms with Gasteiger partial charge in [0.25, 0.3) is 0 Å². The van der Waals surface area contributed by atoms with Crippen molar-refractivity contribution in [1.29, 1.82) is 5.41 Å². The van der Waals surface area contributed by atoms with Crippen LogP contribution >= 0.6 is 0 Å². The Morgan fingerprint density at radius 3 is 2.44 bits per heavy atom. The van der Waals surface area contributed by atoms with Crippen LogP contribution in [-0.4, -0.2) is 23.1 Å². The summed E-state index contributed by atoms with van der Waals surface area (Å²) in [5.74, 6) is -0.183. The Hall–Kier alpha value is -1.26. The first-order valence-electron chi connectivity index (χ1n) is 2.37. The summed E-state index contributed by atoms with van der Waals surface area (Å²) >= 11 is 0. The van der Waals surface area contributed by atoms with Crippen LogP contribution in [0, 0.1) is 5.41 Å². The monoisotopic (exact) mass is 131 g/mol. The minimum atomic E-state index is -1.17. The Labute approximate surface area is 52.4 Å². The third-order valence-corrected chi connectivity index (χ3v) is 0.806. The maximum Gasteiger partial charge on any atom is 0.405 e. The van der Waals surface area contributed by atoms with Crippen LogP contribution in [0.2, 0.25) is 0 Å². The second kappa shape index (κ2) is 2.91. The van der Waals surface area contributed by atoms with Crippen LogP contribution in [0.15, 0.2) is 0 Å². The molecule has 0 bridgehead atoms. The number of carbonyl (C=O) groups is 1. The Balaban J connectivity index is 3.63. The molecule has 0 aromatic rings. The fraction of sp³-hybridized carbons (Fsp3) is 0.500. The first-order valence-corrected chi connectivity index (χ1v) is 2.37. The van der Waals surface area contributed by atoms with E-state index in [1.165, 1.54) is 6.92 Å². The van der Waals surface area contributed by atoms with Gasteiger partial charge < -0.3 is 16.2 Å². The number of carboxylic acid groups (broad SMARTS) is 1. The molecule has 0 aliphatic rings. The van der Waals surface area contributed by atoms with Crippen molar-refractivity contribution in [2.24, 2.45) is 5.73 Å². The molecule has 0 fully saturated rings. The van der Waals surface area contributed by atoms with Crippen molar-refractivity contribution in [2.75, 3.05) is 0 Å². The molecular formula is C4H9N3O2. The summed E-state index contributed by atoms with van der Waals surface area (Å²) in [6.45, 7) is 1.50. The van der Waals surface area contributed by atoms with Gasteiger partial charge in [-0.15, -0.1) is 0 Å². The van der Waals surface area contributed by atoms with Crippen LogP contribution in [0.4, 0.5) is 4.79 Å². The van der Waals surface area contributed by atoms with E-state index in [1.54, 1.807) is 0 Å². The predicted molar refractivity (Wildman–Crippen MR) is 32.5 cm³/mol. The summed E-state index contributed by atoms with van der Waals surface area (Å²) in [5, 5.41) is 16.8. The van der Waals surface area contributed by atoms with Gasteiger partial charge in [0.05, 0.1) is 6.04 Å². The number of hydrogen-bond acceptors (Lipinski definition) is 2. The summed E-state index contributed by atoms with van der Waals surface area (Å²) in [5.41, 5.74) is 4.94. The molecule has 5 N–H and O–H groups in total. The van der Waals surface area contributed by atoms with Crippen LogP contribution in [-0.2, 0) is 0 Å². The van der Waals surface area contributed by atoms with Crippen LogP contribution in [0.5, 0.6) is 0 Å². The number of amidine groups is 1. The standard InChI is InChI=1S/C4H9N3O2/c1-2(3(5)6)7-4(8)9/h2,7H,1H3,(H3,5,6)(H,8,9). The molecule has 0 aromatic carbocycles. The molecule has 0 spiro atoms. The van der Waals surface area contributed by atoms with E-state index in [-0.39, 0.29) is 5.84 Å². The predicted octanol–water partition coefficient (Wildman–Crippen LogP) is -0.422. The lowest BCUT2D eigenvalue weighted by Gasteiger charge is -2.07. The lowest BCUT2D eigenvalue weighted by atomic mass is 10.3. The zero-order valence-corrected chi connectivity index (χ0v) is 5.01. The van der Waals surface area contributed by atoms with E-state index in [2.05, 4.69) is 0 Å². The Morgan fingerprint density at radius 2 is 2.33 bits per heavy atom. The highest BCUT2D eigenvalue weighted by Crippen LogP contribution is 1.76. The number of amides is 1. The van der Waals surface area contributed by atoms with Crippen molar-refractivity contribution in [3.05, 3.63) is 0 Å². The molecule has 0 saturated heterocycles. The highest BCUT2D eigenvalue weighted by atomic mass is 16.4. The van der Waals surface area contributed by atoms with Crippen molar-refractivity contribution in [1.82, 2.24) is 5.32 Å². The fourth-order valence-corrected chi connectivity index (χ4v) is 0.263. The first kappa shape index (κ1) is 7.74. The molecule has 0 heterocycles. The fourth-order valence-electron chi connectivity index (χ4n) is 0.263. The van der Waals surface area contributed by atoms with E-state index >= 15 is 0 Å². The van der Waals surface area contributed by atoms with Crippen LogP contribution < -0.4 is 11.1 Å². The Morgan fingerprint density at radius 1 is 1.89 bits per heavy atom. The number of hydrogen-bond donors (Lipinski definition) is 4. The van der Waals surface area contributed by atoms with Crippen molar-refractivity contribution < 1.29 is 9.90 Å². The Kier molecular flexibility index (Phi) is 2.50. The summed E-state index contributed by atoms with van der Waals surface area (Å²) < 4.78 is 0. The van der Waals surface area contributed by atoms with Gasteiger partial charge in [-0.3, -0.25) is 5.41 Å². The molecule has 0 aromatic heterocycles. The lowest BCUT2D eigenvalue weighted by Crippen LogP contribution is -2.40. The zero-order valence-electron chi connectivity index (χ0n) is 5.01. The largest absolute Gasteiger partial charge is 0.465 e. The molecule has 1 amide bonds. The van der Waals surface area contributed by atoms with E-state index in [0.717, 1.165) is 0 Å². The first-order chi connectivity index (χ1) is 4.04. The van der Waals surface area contributed by atoms with E-state index in [1.807, 2.05) is 5.32 Å². The highest BCUT2D eigenvalue weighted by Gasteiger charge is 2.05. The van der Waals surface area contributed by atoms with Crippen LogP contribution in [0.3, 0.4) is 0 Å². The van der Waals surface area contributed by atoms with E-state index in [4.69, 9.17) is 16.2 Å². The topological polar surface area (TPSA) is 99.2 Å². The van der Waals surface area contributed by atoms with Crippen LogP contribution in [0.1, 0.15) is 6.92 Å². The van der Waals surface area contributed by atoms with Gasteiger partial charge in [0.15, 0.2) is 0 Å². The third-order valence-electron chi connectivity index (χ3n) is 0.806. The van der Waals surface area contributed by atoms with E-state index in [9.17, 15) is 4.79 Å². The minimum Gasteiger partial charge on any atom is -0.465 e. The quantitative estimate of drug-likeness (QED) is 0.302. The average molecular weight is 131 g/mol. The lowest BCUT2D eigenvalue weighted by molar-refractivity contribution is 0.193. The molecule has 0 saturated carbocycles. The van der Waals surface area contributed by atoms with E-state index < -0.39 is 12.1 Å². The highest BCUT2D eigenvalue weighted by molar-refractivity contribution is 5.85. The second-order valence-corrected chi connectivity index (χ2v) is 1.63. The smallest absolute Gasteiger partial charge is 0.405 e. The van der Waals surface area contributed by atoms with Gasteiger partial charge in [-0.25, -0.2) is 4.79 Å². The molecule has 9 heavy (non-hydrogen) atoms. The van der Waals surface area contributed by atoms with Crippen molar-refractivity contribution in [3.63, 3.8) is 0 Å². The summed E-state index contributed by atoms with van der Waals surface area (Å²) in [7, 11) is 0. The second-order valence-electron chi connectivity index (χ2n) is 1.63. The normalized spacial score (nSPS) is 12.1. The maximum atomic E-state index is 9.85. The van der Waals surface area contributed by atoms with Crippen molar-refractivity contribution >= 4 is 11.9 Å². The van der Waals surface area contributed by atoms with Gasteiger partial charge in [0.2, 0.25) is 0 Å². The Bertz CT molecular complexity index is 134. The van der Waals surface area contributed by atoms with Crippen LogP contribution in [0.25, 0.3) is 0 Å². The molecule has 0 radical (unpaired) electrons.